The molecule has 0 fully saturated rings. The highest BCUT2D eigenvalue weighted by molar-refractivity contribution is 5.52. The first kappa shape index (κ1) is 12.1. The first-order valence-corrected chi connectivity index (χ1v) is 4.02. The van der Waals surface area contributed by atoms with Crippen LogP contribution in [0, 0.1) is 11.3 Å². The van der Waals surface area contributed by atoms with Crippen LogP contribution in [-0.4, -0.2) is 11.3 Å². The van der Waals surface area contributed by atoms with Gasteiger partial charge in [-0.05, 0) is 6.07 Å². The minimum absolute atomic E-state index is 0.0388. The molecule has 0 amide bonds. The SMILES string of the molecule is N#Cc1cc(CN)c(OC(F)(F)F)nc1N. The topological polar surface area (TPSA) is 98.0 Å². The van der Waals surface area contributed by atoms with E-state index < -0.39 is 12.2 Å². The molecule has 4 N–H and O–H groups in total. The number of nitrogens with two attached hydrogens (primary N) is 2. The monoisotopic (exact) mass is 232 g/mol. The number of nitriles is 1. The minimum atomic E-state index is -4.88. The van der Waals surface area contributed by atoms with Crippen LogP contribution in [0.4, 0.5) is 19.0 Å². The van der Waals surface area contributed by atoms with Crippen molar-refractivity contribution in [2.45, 2.75) is 12.9 Å². The molecule has 16 heavy (non-hydrogen) atoms. The number of halogens is 3. The highest BCUT2D eigenvalue weighted by Crippen LogP contribution is 2.26. The van der Waals surface area contributed by atoms with E-state index >= 15 is 0 Å². The van der Waals surface area contributed by atoms with Crippen molar-refractivity contribution in [1.29, 1.82) is 5.26 Å². The number of nitrogens with zero attached hydrogens (tertiary/aromatic N) is 2. The summed E-state index contributed by atoms with van der Waals surface area (Å²) in [6.07, 6.45) is -4.88. The highest BCUT2D eigenvalue weighted by atomic mass is 19.4. The van der Waals surface area contributed by atoms with Gasteiger partial charge in [-0.25, -0.2) is 0 Å². The molecule has 0 saturated heterocycles. The van der Waals surface area contributed by atoms with Gasteiger partial charge >= 0.3 is 6.36 Å². The Labute approximate surface area is 88.4 Å². The van der Waals surface area contributed by atoms with Crippen LogP contribution in [0.15, 0.2) is 6.07 Å². The zero-order valence-electron chi connectivity index (χ0n) is 7.88. The summed E-state index contributed by atoms with van der Waals surface area (Å²) in [7, 11) is 0. The molecule has 0 unspecified atom stereocenters. The van der Waals surface area contributed by atoms with Gasteiger partial charge in [-0.15, -0.1) is 13.2 Å². The van der Waals surface area contributed by atoms with Gasteiger partial charge in [0.05, 0.1) is 5.56 Å². The summed E-state index contributed by atoms with van der Waals surface area (Å²) in [5.41, 5.74) is 10.4. The van der Waals surface area contributed by atoms with Gasteiger partial charge in [0.1, 0.15) is 11.9 Å². The summed E-state index contributed by atoms with van der Waals surface area (Å²) in [5, 5.41) is 8.59. The van der Waals surface area contributed by atoms with Crippen molar-refractivity contribution >= 4 is 5.82 Å². The molecule has 1 heterocycles. The second kappa shape index (κ2) is 4.24. The van der Waals surface area contributed by atoms with Crippen LogP contribution in [0.25, 0.3) is 0 Å². The van der Waals surface area contributed by atoms with Crippen molar-refractivity contribution in [3.05, 3.63) is 17.2 Å². The average molecular weight is 232 g/mol. The lowest BCUT2D eigenvalue weighted by molar-refractivity contribution is -0.276. The molecular weight excluding hydrogens is 225 g/mol. The third-order valence-corrected chi connectivity index (χ3v) is 1.64. The van der Waals surface area contributed by atoms with E-state index in [1.165, 1.54) is 0 Å². The molecule has 0 spiro atoms. The van der Waals surface area contributed by atoms with E-state index in [0.717, 1.165) is 6.07 Å². The molecule has 5 nitrogen and oxygen atoms in total. The quantitative estimate of drug-likeness (QED) is 0.789. The van der Waals surface area contributed by atoms with Gasteiger partial charge in [0.15, 0.2) is 0 Å². The summed E-state index contributed by atoms with van der Waals surface area (Å²) in [6.45, 7) is -0.243. The van der Waals surface area contributed by atoms with E-state index in [0.29, 0.717) is 0 Å². The zero-order chi connectivity index (χ0) is 12.3. The van der Waals surface area contributed by atoms with Crippen LogP contribution in [0.3, 0.4) is 0 Å². The van der Waals surface area contributed by atoms with E-state index in [1.807, 2.05) is 0 Å². The van der Waals surface area contributed by atoms with Crippen LogP contribution >= 0.6 is 0 Å². The summed E-state index contributed by atoms with van der Waals surface area (Å²) in [6, 6.07) is 2.79. The first-order chi connectivity index (χ1) is 7.37. The Morgan fingerprint density at radius 3 is 2.56 bits per heavy atom. The number of alkyl halides is 3. The Morgan fingerprint density at radius 2 is 2.12 bits per heavy atom. The van der Waals surface area contributed by atoms with Gasteiger partial charge in [-0.2, -0.15) is 10.2 Å². The number of hydrogen-bond donors (Lipinski definition) is 2. The number of nitrogen functional groups attached to an aromatic ring is 1. The van der Waals surface area contributed by atoms with Gasteiger partial charge < -0.3 is 16.2 Å². The maximum absolute atomic E-state index is 12.0. The molecule has 1 aromatic rings. The van der Waals surface area contributed by atoms with Gasteiger partial charge in [0.2, 0.25) is 5.88 Å². The van der Waals surface area contributed by atoms with Crippen LogP contribution in [-0.2, 0) is 6.54 Å². The largest absolute Gasteiger partial charge is 0.574 e. The number of aromatic nitrogens is 1. The van der Waals surface area contributed by atoms with E-state index in [-0.39, 0.29) is 23.5 Å². The third kappa shape index (κ3) is 2.74. The predicted molar refractivity (Wildman–Crippen MR) is 47.9 cm³/mol. The van der Waals surface area contributed by atoms with Gasteiger partial charge in [0.25, 0.3) is 0 Å². The van der Waals surface area contributed by atoms with E-state index in [9.17, 15) is 13.2 Å². The molecular formula is C8H7F3N4O. The van der Waals surface area contributed by atoms with Crippen molar-refractivity contribution in [1.82, 2.24) is 4.98 Å². The van der Waals surface area contributed by atoms with Crippen LogP contribution in [0.1, 0.15) is 11.1 Å². The maximum atomic E-state index is 12.0. The van der Waals surface area contributed by atoms with E-state index in [2.05, 4.69) is 9.72 Å². The number of rotatable bonds is 2. The number of anilines is 1. The molecule has 0 aromatic carbocycles. The van der Waals surface area contributed by atoms with E-state index in [4.69, 9.17) is 16.7 Å². The second-order valence-electron chi connectivity index (χ2n) is 2.75. The second-order valence-corrected chi connectivity index (χ2v) is 2.75. The van der Waals surface area contributed by atoms with Gasteiger partial charge in [-0.1, -0.05) is 0 Å². The molecule has 0 aliphatic heterocycles. The Balaban J connectivity index is 3.20. The van der Waals surface area contributed by atoms with Crippen molar-refractivity contribution in [2.75, 3.05) is 5.73 Å². The fourth-order valence-corrected chi connectivity index (χ4v) is 0.985. The van der Waals surface area contributed by atoms with Crippen LogP contribution in [0.5, 0.6) is 5.88 Å². The molecule has 8 heteroatoms. The van der Waals surface area contributed by atoms with E-state index in [1.54, 1.807) is 6.07 Å². The molecule has 1 aromatic heterocycles. The van der Waals surface area contributed by atoms with Crippen molar-refractivity contribution < 1.29 is 17.9 Å². The molecule has 0 aliphatic carbocycles. The Morgan fingerprint density at radius 1 is 1.50 bits per heavy atom. The summed E-state index contributed by atoms with van der Waals surface area (Å²) in [5.74, 6) is -1.06. The lowest BCUT2D eigenvalue weighted by Gasteiger charge is -2.12. The smallest absolute Gasteiger partial charge is 0.387 e. The third-order valence-electron chi connectivity index (χ3n) is 1.64. The molecule has 0 radical (unpaired) electrons. The highest BCUT2D eigenvalue weighted by Gasteiger charge is 2.33. The fourth-order valence-electron chi connectivity index (χ4n) is 0.985. The number of ether oxygens (including phenoxy) is 1. The average Bonchev–Trinajstić information content (AvgIpc) is 2.16. The molecule has 0 bridgehead atoms. The molecule has 0 atom stereocenters. The molecule has 0 aliphatic rings. The minimum Gasteiger partial charge on any atom is -0.387 e. The van der Waals surface area contributed by atoms with Crippen molar-refractivity contribution in [3.8, 4) is 11.9 Å². The lowest BCUT2D eigenvalue weighted by atomic mass is 10.2. The van der Waals surface area contributed by atoms with Crippen LogP contribution < -0.4 is 16.2 Å². The van der Waals surface area contributed by atoms with Crippen LogP contribution in [0.2, 0.25) is 0 Å². The molecule has 86 valence electrons. The van der Waals surface area contributed by atoms with Gasteiger partial charge in [0, 0.05) is 12.1 Å². The fraction of sp³-hybridized carbons (Fsp3) is 0.250. The summed E-state index contributed by atoms with van der Waals surface area (Å²) >= 11 is 0. The van der Waals surface area contributed by atoms with Gasteiger partial charge in [-0.3, -0.25) is 0 Å². The lowest BCUT2D eigenvalue weighted by Crippen LogP contribution is -2.20. The Bertz CT molecular complexity index is 438. The Kier molecular flexibility index (Phi) is 3.20. The normalized spacial score (nSPS) is 10.9. The number of hydrogen-bond acceptors (Lipinski definition) is 5. The number of pyridine rings is 1. The molecule has 0 saturated carbocycles. The summed E-state index contributed by atoms with van der Waals surface area (Å²) < 4.78 is 39.5. The van der Waals surface area contributed by atoms with Crippen molar-refractivity contribution in [2.24, 2.45) is 5.73 Å². The maximum Gasteiger partial charge on any atom is 0.574 e. The summed E-state index contributed by atoms with van der Waals surface area (Å²) in [4.78, 5) is 3.33. The molecule has 1 rings (SSSR count). The first-order valence-electron chi connectivity index (χ1n) is 4.02. The Hall–Kier alpha value is -2.01. The predicted octanol–water partition coefficient (Wildman–Crippen LogP) is 0.893. The standard InChI is InChI=1S/C8H7F3N4O/c9-8(10,11)16-7-5(3-13)1-4(2-12)6(14)15-7/h1H,3,13H2,(H2,14,15). The van der Waals surface area contributed by atoms with Crippen molar-refractivity contribution in [3.63, 3.8) is 0 Å². The zero-order valence-corrected chi connectivity index (χ0v) is 7.88.